The number of para-hydroxylation sites is 1. The molecule has 0 spiro atoms. The van der Waals surface area contributed by atoms with Gasteiger partial charge in [0.2, 0.25) is 0 Å². The van der Waals surface area contributed by atoms with Crippen LogP contribution in [0.25, 0.3) is 16.6 Å². The molecule has 4 rings (SSSR count). The minimum absolute atomic E-state index is 0.127. The minimum Gasteiger partial charge on any atom is -0.383 e. The number of hydrogen-bond donors (Lipinski definition) is 1. The Balaban J connectivity index is 1.85. The molecular weight excluding hydrogens is 478 g/mol. The molecule has 37 heavy (non-hydrogen) atoms. The number of anilines is 1. The quantitative estimate of drug-likeness (QED) is 0.358. The van der Waals surface area contributed by atoms with E-state index < -0.39 is 23.7 Å². The summed E-state index contributed by atoms with van der Waals surface area (Å²) in [5, 5.41) is 2.95. The lowest BCUT2D eigenvalue weighted by Gasteiger charge is -2.30. The van der Waals surface area contributed by atoms with E-state index in [4.69, 9.17) is 9.72 Å². The number of carbonyl (C=O) groups is 1. The summed E-state index contributed by atoms with van der Waals surface area (Å²) < 4.78 is 34.4. The standard InChI is InChI=1S/C28H28F2N4O3/c1-17-9-12-25(18(2)15-17)34-26(31-23-8-6-5-7-21(23)27(34)35)19(3)33(13-14-37-4)28(36)32-24-11-10-20(29)16-22(24)30/h5-12,15-16,19H,13-14H2,1-4H3,(H,32,36). The molecule has 1 atom stereocenters. The highest BCUT2D eigenvalue weighted by atomic mass is 19.1. The smallest absolute Gasteiger partial charge is 0.322 e. The average molecular weight is 507 g/mol. The van der Waals surface area contributed by atoms with E-state index in [9.17, 15) is 18.4 Å². The highest BCUT2D eigenvalue weighted by molar-refractivity contribution is 5.89. The first-order chi connectivity index (χ1) is 17.7. The molecule has 0 saturated heterocycles. The monoisotopic (exact) mass is 506 g/mol. The van der Waals surface area contributed by atoms with Gasteiger partial charge in [-0.25, -0.2) is 18.6 Å². The fourth-order valence-electron chi connectivity index (χ4n) is 4.30. The summed E-state index contributed by atoms with van der Waals surface area (Å²) in [5.74, 6) is -1.32. The van der Waals surface area contributed by atoms with E-state index in [0.29, 0.717) is 28.5 Å². The third-order valence-electron chi connectivity index (χ3n) is 6.21. The van der Waals surface area contributed by atoms with Crippen LogP contribution in [0.5, 0.6) is 0 Å². The van der Waals surface area contributed by atoms with Crippen molar-refractivity contribution in [3.63, 3.8) is 0 Å². The number of benzene rings is 3. The summed E-state index contributed by atoms with van der Waals surface area (Å²) in [5.41, 5.74) is 2.61. The number of nitrogens with zero attached hydrogens (tertiary/aromatic N) is 3. The maximum Gasteiger partial charge on any atom is 0.322 e. The van der Waals surface area contributed by atoms with Crippen LogP contribution in [-0.4, -0.2) is 40.7 Å². The second-order valence-electron chi connectivity index (χ2n) is 8.83. The Labute approximate surface area is 213 Å². The zero-order valence-corrected chi connectivity index (χ0v) is 21.1. The maximum absolute atomic E-state index is 14.3. The molecule has 9 heteroatoms. The maximum atomic E-state index is 14.3. The summed E-state index contributed by atoms with van der Waals surface area (Å²) in [6.45, 7) is 5.93. The molecule has 0 fully saturated rings. The van der Waals surface area contributed by atoms with Crippen LogP contribution >= 0.6 is 0 Å². The first kappa shape index (κ1) is 26.0. The van der Waals surface area contributed by atoms with E-state index in [2.05, 4.69) is 5.32 Å². The van der Waals surface area contributed by atoms with E-state index >= 15 is 0 Å². The lowest BCUT2D eigenvalue weighted by molar-refractivity contribution is 0.137. The van der Waals surface area contributed by atoms with Gasteiger partial charge in [-0.15, -0.1) is 0 Å². The number of ether oxygens (including phenoxy) is 1. The molecule has 0 aliphatic heterocycles. The first-order valence-corrected chi connectivity index (χ1v) is 11.8. The molecule has 1 unspecified atom stereocenters. The second kappa shape index (κ2) is 10.9. The van der Waals surface area contributed by atoms with Crippen molar-refractivity contribution in [2.75, 3.05) is 25.6 Å². The van der Waals surface area contributed by atoms with Gasteiger partial charge in [0.25, 0.3) is 5.56 Å². The Kier molecular flexibility index (Phi) is 7.63. The predicted octanol–water partition coefficient (Wildman–Crippen LogP) is 5.52. The van der Waals surface area contributed by atoms with Crippen molar-refractivity contribution in [1.82, 2.24) is 14.5 Å². The first-order valence-electron chi connectivity index (χ1n) is 11.8. The van der Waals surface area contributed by atoms with Crippen molar-refractivity contribution in [2.24, 2.45) is 0 Å². The predicted molar refractivity (Wildman–Crippen MR) is 139 cm³/mol. The van der Waals surface area contributed by atoms with Crippen LogP contribution in [0.15, 0.2) is 65.5 Å². The topological polar surface area (TPSA) is 76.5 Å². The van der Waals surface area contributed by atoms with E-state index in [1.165, 1.54) is 16.6 Å². The van der Waals surface area contributed by atoms with E-state index in [-0.39, 0.29) is 24.4 Å². The third-order valence-corrected chi connectivity index (χ3v) is 6.21. The molecule has 0 aliphatic carbocycles. The Hall–Kier alpha value is -4.11. The van der Waals surface area contributed by atoms with Gasteiger partial charge in [-0.1, -0.05) is 29.8 Å². The highest BCUT2D eigenvalue weighted by Crippen LogP contribution is 2.26. The zero-order valence-electron chi connectivity index (χ0n) is 21.1. The third kappa shape index (κ3) is 5.36. The molecule has 1 N–H and O–H groups in total. The molecule has 1 heterocycles. The number of aromatic nitrogens is 2. The summed E-state index contributed by atoms with van der Waals surface area (Å²) in [4.78, 5) is 33.3. The van der Waals surface area contributed by atoms with Crippen LogP contribution in [0.3, 0.4) is 0 Å². The molecule has 192 valence electrons. The van der Waals surface area contributed by atoms with Gasteiger partial charge in [0, 0.05) is 19.7 Å². The van der Waals surface area contributed by atoms with Crippen LogP contribution in [0.2, 0.25) is 0 Å². The Morgan fingerprint density at radius 3 is 2.57 bits per heavy atom. The summed E-state index contributed by atoms with van der Waals surface area (Å²) in [7, 11) is 1.50. The molecular formula is C28H28F2N4O3. The number of nitrogens with one attached hydrogen (secondary N) is 1. The Morgan fingerprint density at radius 2 is 1.86 bits per heavy atom. The molecule has 1 aromatic heterocycles. The van der Waals surface area contributed by atoms with Crippen molar-refractivity contribution in [1.29, 1.82) is 0 Å². The van der Waals surface area contributed by atoms with Crippen LogP contribution in [-0.2, 0) is 4.74 Å². The van der Waals surface area contributed by atoms with E-state index in [0.717, 1.165) is 23.3 Å². The minimum atomic E-state index is -0.899. The van der Waals surface area contributed by atoms with Crippen molar-refractivity contribution < 1.29 is 18.3 Å². The Bertz CT molecular complexity index is 1520. The second-order valence-corrected chi connectivity index (χ2v) is 8.83. The SMILES string of the molecule is COCCN(C(=O)Nc1ccc(F)cc1F)C(C)c1nc2ccccc2c(=O)n1-c1ccc(C)cc1C. The molecule has 7 nitrogen and oxygen atoms in total. The van der Waals surface area contributed by atoms with Crippen molar-refractivity contribution in [3.05, 3.63) is 99.6 Å². The fourth-order valence-corrected chi connectivity index (χ4v) is 4.30. The number of rotatable bonds is 7. The molecule has 0 saturated carbocycles. The van der Waals surface area contributed by atoms with Gasteiger partial charge in [0.1, 0.15) is 17.5 Å². The molecule has 2 amide bonds. The molecule has 3 aromatic carbocycles. The van der Waals surface area contributed by atoms with Gasteiger partial charge < -0.3 is 15.0 Å². The zero-order chi connectivity index (χ0) is 26.7. The number of methoxy groups -OCH3 is 1. The van der Waals surface area contributed by atoms with Crippen LogP contribution in [0.4, 0.5) is 19.3 Å². The number of urea groups is 1. The Morgan fingerprint density at radius 1 is 1.11 bits per heavy atom. The largest absolute Gasteiger partial charge is 0.383 e. The molecule has 0 aliphatic rings. The number of carbonyl (C=O) groups excluding carboxylic acids is 1. The van der Waals surface area contributed by atoms with Crippen molar-refractivity contribution in [3.8, 4) is 5.69 Å². The van der Waals surface area contributed by atoms with Crippen LogP contribution < -0.4 is 10.9 Å². The van der Waals surface area contributed by atoms with Crippen LogP contribution in [0.1, 0.15) is 29.9 Å². The summed E-state index contributed by atoms with van der Waals surface area (Å²) in [6.07, 6.45) is 0. The number of fused-ring (bicyclic) bond motifs is 1. The normalized spacial score (nSPS) is 11.9. The fraction of sp³-hybridized carbons (Fsp3) is 0.250. The van der Waals surface area contributed by atoms with Gasteiger partial charge >= 0.3 is 6.03 Å². The summed E-state index contributed by atoms with van der Waals surface area (Å²) in [6, 6.07) is 14.3. The lowest BCUT2D eigenvalue weighted by Crippen LogP contribution is -2.41. The molecule has 4 aromatic rings. The van der Waals surface area contributed by atoms with Gasteiger partial charge in [0.05, 0.1) is 34.9 Å². The van der Waals surface area contributed by atoms with E-state index in [1.807, 2.05) is 32.0 Å². The van der Waals surface area contributed by atoms with Crippen LogP contribution in [0, 0.1) is 25.5 Å². The average Bonchev–Trinajstić information content (AvgIpc) is 2.86. The highest BCUT2D eigenvalue weighted by Gasteiger charge is 2.28. The number of aryl methyl sites for hydroxylation is 2. The van der Waals surface area contributed by atoms with Gasteiger partial charge in [-0.05, 0) is 56.7 Å². The van der Waals surface area contributed by atoms with Gasteiger partial charge in [-0.2, -0.15) is 0 Å². The number of amides is 2. The van der Waals surface area contributed by atoms with E-state index in [1.54, 1.807) is 31.2 Å². The van der Waals surface area contributed by atoms with Gasteiger partial charge in [0.15, 0.2) is 0 Å². The van der Waals surface area contributed by atoms with Crippen molar-refractivity contribution in [2.45, 2.75) is 26.8 Å². The number of hydrogen-bond acceptors (Lipinski definition) is 4. The molecule has 0 bridgehead atoms. The lowest BCUT2D eigenvalue weighted by atomic mass is 10.1. The summed E-state index contributed by atoms with van der Waals surface area (Å²) >= 11 is 0. The van der Waals surface area contributed by atoms with Gasteiger partial charge in [-0.3, -0.25) is 9.36 Å². The van der Waals surface area contributed by atoms with Crippen molar-refractivity contribution >= 4 is 22.6 Å². The molecule has 0 radical (unpaired) electrons. The number of halogens is 2.